The molecule has 25 heteroatoms. The molecule has 7 rings (SSSR count). The van der Waals surface area contributed by atoms with Gasteiger partial charge < -0.3 is 57.2 Å². The predicted octanol–water partition coefficient (Wildman–Crippen LogP) is 4.72. The highest BCUT2D eigenvalue weighted by atomic mass is 32.2. The molecule has 2 saturated heterocycles. The first-order valence-corrected chi connectivity index (χ1v) is 25.6. The summed E-state index contributed by atoms with van der Waals surface area (Å²) in [6, 6.07) is 7.69. The molecule has 0 radical (unpaired) electrons. The number of nitrogens with two attached hydrogens (primary N) is 1. The number of anilines is 1. The maximum Gasteiger partial charge on any atom is 0.315 e. The van der Waals surface area contributed by atoms with Crippen molar-refractivity contribution in [2.45, 2.75) is 133 Å². The number of carbonyl (C=O) groups excluding carboxylic acids is 5. The SMILES string of the molecule is COc1cc(C(C)NC(=O)NC(CCCCNC(=O)CCC2(C)N=N2)C(=O)NCCCCC2SCC3NC(=O)NC32)c([N+](=O)[O-])cc1OCCCC(=O)NCc1ccc(COc2nc(N)nc3c2N=CC3)cc1. The molecule has 24 nitrogen and oxygen atoms in total. The number of nitrogen functional groups attached to an aromatic ring is 1. The molecule has 7 amide bonds. The molecule has 5 atom stereocenters. The Kier molecular flexibility index (Phi) is 18.6. The van der Waals surface area contributed by atoms with Gasteiger partial charge in [0.1, 0.15) is 18.3 Å². The van der Waals surface area contributed by atoms with E-state index in [4.69, 9.17) is 19.9 Å². The van der Waals surface area contributed by atoms with Crippen LogP contribution >= 0.6 is 11.8 Å². The van der Waals surface area contributed by atoms with Crippen LogP contribution in [0.3, 0.4) is 0 Å². The number of methoxy groups -OCH3 is 1. The Morgan fingerprint density at radius 2 is 1.68 bits per heavy atom. The monoisotopic (exact) mass is 1030 g/mol. The van der Waals surface area contributed by atoms with Crippen LogP contribution in [0.2, 0.25) is 0 Å². The molecule has 0 bridgehead atoms. The maximum absolute atomic E-state index is 13.5. The van der Waals surface area contributed by atoms with Gasteiger partial charge in [-0.25, -0.2) is 14.6 Å². The van der Waals surface area contributed by atoms with Crippen molar-refractivity contribution in [3.05, 3.63) is 68.9 Å². The fraction of sp³-hybridized carbons (Fsp3) is 0.542. The zero-order valence-corrected chi connectivity index (χ0v) is 42.0. The number of thioether (sulfide) groups is 1. The number of aromatic nitrogens is 2. The van der Waals surface area contributed by atoms with Gasteiger partial charge in [-0.15, -0.1) is 0 Å². The van der Waals surface area contributed by atoms with Crippen molar-refractivity contribution in [3.8, 4) is 17.4 Å². The zero-order valence-electron chi connectivity index (χ0n) is 41.2. The highest BCUT2D eigenvalue weighted by Gasteiger charge is 2.42. The number of rotatable bonds is 29. The van der Waals surface area contributed by atoms with Crippen LogP contribution in [-0.2, 0) is 34.0 Å². The quantitative estimate of drug-likeness (QED) is 0.0202. The third-order valence-corrected chi connectivity index (χ3v) is 14.3. The fourth-order valence-electron chi connectivity index (χ4n) is 8.56. The molecule has 1 aromatic heterocycles. The van der Waals surface area contributed by atoms with E-state index >= 15 is 0 Å². The molecule has 3 aromatic rings. The second kappa shape index (κ2) is 25.4. The van der Waals surface area contributed by atoms with Crippen molar-refractivity contribution in [2.24, 2.45) is 15.2 Å². The predicted molar refractivity (Wildman–Crippen MR) is 271 cm³/mol. The van der Waals surface area contributed by atoms with E-state index in [2.05, 4.69) is 62.4 Å². The van der Waals surface area contributed by atoms with Gasteiger partial charge in [0.15, 0.2) is 17.2 Å². The maximum atomic E-state index is 13.5. The zero-order chi connectivity index (χ0) is 51.9. The molecule has 0 aliphatic carbocycles. The largest absolute Gasteiger partial charge is 0.493 e. The summed E-state index contributed by atoms with van der Waals surface area (Å²) in [7, 11) is 1.38. The van der Waals surface area contributed by atoms with E-state index in [1.165, 1.54) is 19.2 Å². The Bertz CT molecular complexity index is 2540. The number of amides is 7. The van der Waals surface area contributed by atoms with E-state index in [1.807, 2.05) is 43.0 Å². The van der Waals surface area contributed by atoms with Crippen LogP contribution in [0.4, 0.5) is 26.9 Å². The minimum Gasteiger partial charge on any atom is -0.493 e. The van der Waals surface area contributed by atoms with E-state index in [0.29, 0.717) is 81.4 Å². The number of aliphatic imine (C=N–C) groups is 1. The Balaban J connectivity index is 0.853. The number of ether oxygens (including phenoxy) is 3. The van der Waals surface area contributed by atoms with E-state index in [-0.39, 0.29) is 90.6 Å². The summed E-state index contributed by atoms with van der Waals surface area (Å²) in [4.78, 5) is 88.3. The number of nitro benzene ring substituents is 1. The van der Waals surface area contributed by atoms with Gasteiger partial charge in [-0.05, 0) is 69.6 Å². The molecule has 73 heavy (non-hydrogen) atoms. The second-order valence-corrected chi connectivity index (χ2v) is 19.7. The molecule has 9 N–H and O–H groups in total. The van der Waals surface area contributed by atoms with Crippen molar-refractivity contribution < 1.29 is 43.1 Å². The van der Waals surface area contributed by atoms with Crippen molar-refractivity contribution in [2.75, 3.05) is 38.3 Å². The van der Waals surface area contributed by atoms with E-state index in [9.17, 15) is 34.1 Å². The van der Waals surface area contributed by atoms with Crippen molar-refractivity contribution in [1.82, 2.24) is 47.2 Å². The van der Waals surface area contributed by atoms with Crippen LogP contribution in [0, 0.1) is 10.1 Å². The first-order chi connectivity index (χ1) is 35.2. The summed E-state index contributed by atoms with van der Waals surface area (Å²) in [6.45, 7) is 4.78. The lowest BCUT2D eigenvalue weighted by Gasteiger charge is -2.22. The number of nitro groups is 1. The third kappa shape index (κ3) is 15.6. The number of nitrogens with one attached hydrogen (secondary N) is 7. The number of urea groups is 2. The molecule has 2 aromatic carbocycles. The molecule has 4 aliphatic rings. The third-order valence-electron chi connectivity index (χ3n) is 12.7. The van der Waals surface area contributed by atoms with Crippen LogP contribution in [0.15, 0.2) is 51.6 Å². The number of fused-ring (bicyclic) bond motifs is 2. The summed E-state index contributed by atoms with van der Waals surface area (Å²) >= 11 is 1.83. The van der Waals surface area contributed by atoms with Crippen molar-refractivity contribution in [3.63, 3.8) is 0 Å². The molecular formula is C48H64N14O10S. The van der Waals surface area contributed by atoms with Crippen LogP contribution in [0.5, 0.6) is 17.4 Å². The van der Waals surface area contributed by atoms with Gasteiger partial charge in [-0.3, -0.25) is 29.5 Å². The Hall–Kier alpha value is -7.31. The summed E-state index contributed by atoms with van der Waals surface area (Å²) in [6.07, 6.45) is 7.28. The normalized spacial score (nSPS) is 18.3. The van der Waals surface area contributed by atoms with Gasteiger partial charge in [0, 0.05) is 62.5 Å². The van der Waals surface area contributed by atoms with Crippen LogP contribution in [-0.4, -0.2) is 112 Å². The average molecular weight is 1030 g/mol. The summed E-state index contributed by atoms with van der Waals surface area (Å²) in [5.74, 6) is 0.863. The van der Waals surface area contributed by atoms with E-state index < -0.39 is 28.7 Å². The van der Waals surface area contributed by atoms with Gasteiger partial charge in [0.25, 0.3) is 5.69 Å². The molecule has 2 fully saturated rings. The fourth-order valence-corrected chi connectivity index (χ4v) is 10.1. The highest BCUT2D eigenvalue weighted by molar-refractivity contribution is 8.00. The number of benzene rings is 2. The van der Waals surface area contributed by atoms with E-state index in [1.54, 1.807) is 13.1 Å². The van der Waals surface area contributed by atoms with E-state index in [0.717, 1.165) is 35.4 Å². The average Bonchev–Trinajstić information content (AvgIpc) is 3.61. The Morgan fingerprint density at radius 1 is 0.932 bits per heavy atom. The van der Waals surface area contributed by atoms with Crippen LogP contribution in [0.25, 0.3) is 0 Å². The summed E-state index contributed by atoms with van der Waals surface area (Å²) in [5, 5.41) is 40.7. The standard InChI is InChI=1S/C48H64N14O10S/c1-28(54-46(66)56-33(9-4-6-19-50-40(64)16-18-48(2)60-61-48)43(65)52-20-7-5-10-38-41-34(27-73-38)57-47(67)58-41)31-23-36(70-3)37(24-35(31)62(68)69)71-22-8-11-39(63)53-25-29-12-14-30(15-13-29)26-72-44-42-32(17-21-51-42)55-45(49)59-44/h12-15,21,23-24,28,33-34,38,41H,4-11,16-20,22,25-27H2,1-3H3,(H,50,64)(H,52,65)(H,53,63)(H2,49,55,59)(H2,54,56,66)(H2,57,58,67). The lowest BCUT2D eigenvalue weighted by Crippen LogP contribution is -2.50. The minimum atomic E-state index is -0.943. The number of hydrogen-bond donors (Lipinski definition) is 8. The van der Waals surface area contributed by atoms with Crippen LogP contribution < -0.4 is 57.2 Å². The lowest BCUT2D eigenvalue weighted by atomic mass is 10.0. The smallest absolute Gasteiger partial charge is 0.315 e. The molecular weight excluding hydrogens is 965 g/mol. The first-order valence-electron chi connectivity index (χ1n) is 24.6. The van der Waals surface area contributed by atoms with Crippen molar-refractivity contribution in [1.29, 1.82) is 0 Å². The number of hydrogen-bond acceptors (Lipinski definition) is 17. The Labute approximate surface area is 426 Å². The molecule has 392 valence electrons. The molecule has 5 heterocycles. The number of nitrogens with zero attached hydrogens (tertiary/aromatic N) is 6. The van der Waals surface area contributed by atoms with Gasteiger partial charge in [-0.1, -0.05) is 30.7 Å². The summed E-state index contributed by atoms with van der Waals surface area (Å²) in [5.41, 5.74) is 8.21. The number of carbonyl (C=O) groups is 5. The van der Waals surface area contributed by atoms with Gasteiger partial charge >= 0.3 is 12.1 Å². The lowest BCUT2D eigenvalue weighted by molar-refractivity contribution is -0.385. The molecule has 4 aliphatic heterocycles. The van der Waals surface area contributed by atoms with Crippen LogP contribution in [0.1, 0.15) is 106 Å². The minimum absolute atomic E-state index is 0.0535. The van der Waals surface area contributed by atoms with Gasteiger partial charge in [0.05, 0.1) is 54.1 Å². The molecule has 0 spiro atoms. The molecule has 5 unspecified atom stereocenters. The highest BCUT2D eigenvalue weighted by Crippen LogP contribution is 2.38. The first kappa shape index (κ1) is 53.5. The topological polar surface area (TPSA) is 329 Å². The summed E-state index contributed by atoms with van der Waals surface area (Å²) < 4.78 is 17.3. The van der Waals surface area contributed by atoms with Crippen molar-refractivity contribution >= 4 is 65.1 Å². The molecule has 0 saturated carbocycles. The van der Waals surface area contributed by atoms with Gasteiger partial charge in [0.2, 0.25) is 29.5 Å². The Morgan fingerprint density at radius 3 is 2.45 bits per heavy atom. The van der Waals surface area contributed by atoms with Gasteiger partial charge in [-0.2, -0.15) is 27.0 Å². The number of unbranched alkanes of at least 4 members (excludes halogenated alkanes) is 2. The second-order valence-electron chi connectivity index (χ2n) is 18.4.